The highest BCUT2D eigenvalue weighted by Crippen LogP contribution is 2.41. The highest BCUT2D eigenvalue weighted by molar-refractivity contribution is 8.17. The van der Waals surface area contributed by atoms with Crippen LogP contribution in [0.5, 0.6) is 0 Å². The Morgan fingerprint density at radius 1 is 0.577 bits per heavy atom. The normalized spacial score (nSPS) is 12.2. The molecule has 0 radical (unpaired) electrons. The van der Waals surface area contributed by atoms with E-state index in [1.807, 2.05) is 35.3 Å². The van der Waals surface area contributed by atoms with Crippen molar-refractivity contribution in [2.75, 3.05) is 0 Å². The molecule has 0 saturated carbocycles. The third kappa shape index (κ3) is 6.46. The Kier molecular flexibility index (Phi) is 8.06. The van der Waals surface area contributed by atoms with Crippen LogP contribution in [0.3, 0.4) is 0 Å². The molecule has 3 heteroatoms. The van der Waals surface area contributed by atoms with Gasteiger partial charge in [-0.1, -0.05) is 61.5 Å². The highest BCUT2D eigenvalue weighted by atomic mass is 32.2. The SMILES string of the molecule is CCC(CC(Sc1ccccc1)Sc1ccccc1)Sc1ccccc1. The van der Waals surface area contributed by atoms with Crippen LogP contribution in [0.15, 0.2) is 106 Å². The zero-order valence-corrected chi connectivity index (χ0v) is 17.4. The standard InChI is InChI=1S/C23H24S3/c1-2-19(24-20-12-6-3-7-13-20)18-23(25-21-14-8-4-9-15-21)26-22-16-10-5-11-17-22/h3-17,19,23H,2,18H2,1H3. The van der Waals surface area contributed by atoms with Gasteiger partial charge < -0.3 is 0 Å². The molecular weight excluding hydrogens is 372 g/mol. The molecule has 0 bridgehead atoms. The number of thioether (sulfide) groups is 3. The monoisotopic (exact) mass is 396 g/mol. The van der Waals surface area contributed by atoms with E-state index in [2.05, 4.69) is 97.9 Å². The van der Waals surface area contributed by atoms with Crippen LogP contribution >= 0.6 is 35.3 Å². The first-order valence-electron chi connectivity index (χ1n) is 8.98. The quantitative estimate of drug-likeness (QED) is 0.267. The fraction of sp³-hybridized carbons (Fsp3) is 0.217. The lowest BCUT2D eigenvalue weighted by atomic mass is 10.3. The molecule has 0 spiro atoms. The predicted octanol–water partition coefficient (Wildman–Crippen LogP) is 7.86. The van der Waals surface area contributed by atoms with Crippen LogP contribution < -0.4 is 0 Å². The molecule has 0 saturated heterocycles. The number of hydrogen-bond donors (Lipinski definition) is 0. The molecule has 3 aromatic carbocycles. The molecule has 3 aromatic rings. The predicted molar refractivity (Wildman–Crippen MR) is 119 cm³/mol. The van der Waals surface area contributed by atoms with Gasteiger partial charge in [-0.3, -0.25) is 0 Å². The van der Waals surface area contributed by atoms with E-state index in [-0.39, 0.29) is 0 Å². The van der Waals surface area contributed by atoms with Gasteiger partial charge in [0.1, 0.15) is 0 Å². The van der Waals surface area contributed by atoms with E-state index >= 15 is 0 Å². The van der Waals surface area contributed by atoms with Crippen LogP contribution in [0.4, 0.5) is 0 Å². The molecule has 0 aliphatic carbocycles. The van der Waals surface area contributed by atoms with E-state index in [0.29, 0.717) is 9.83 Å². The number of hydrogen-bond acceptors (Lipinski definition) is 3. The third-order valence-corrected chi connectivity index (χ3v) is 7.96. The van der Waals surface area contributed by atoms with Gasteiger partial charge in [-0.05, 0) is 49.2 Å². The van der Waals surface area contributed by atoms with Gasteiger partial charge in [0.05, 0.1) is 4.58 Å². The maximum atomic E-state index is 2.30. The van der Waals surface area contributed by atoms with Gasteiger partial charge >= 0.3 is 0 Å². The average molecular weight is 397 g/mol. The summed E-state index contributed by atoms with van der Waals surface area (Å²) in [7, 11) is 0. The fourth-order valence-electron chi connectivity index (χ4n) is 2.63. The number of rotatable bonds is 9. The van der Waals surface area contributed by atoms with E-state index in [1.54, 1.807) is 0 Å². The summed E-state index contributed by atoms with van der Waals surface area (Å²) in [5, 5.41) is 0.620. The van der Waals surface area contributed by atoms with Crippen LogP contribution in [-0.4, -0.2) is 9.83 Å². The van der Waals surface area contributed by atoms with Crippen molar-refractivity contribution in [1.29, 1.82) is 0 Å². The van der Waals surface area contributed by atoms with Crippen LogP contribution in [0, 0.1) is 0 Å². The fourth-order valence-corrected chi connectivity index (χ4v) is 6.78. The third-order valence-electron chi connectivity index (χ3n) is 3.98. The summed E-state index contributed by atoms with van der Waals surface area (Å²) in [6, 6.07) is 32.3. The Hall–Kier alpha value is -1.29. The Morgan fingerprint density at radius 3 is 1.35 bits per heavy atom. The second kappa shape index (κ2) is 10.8. The molecule has 26 heavy (non-hydrogen) atoms. The molecule has 0 heterocycles. The van der Waals surface area contributed by atoms with Crippen molar-refractivity contribution in [3.8, 4) is 0 Å². The summed E-state index contributed by atoms with van der Waals surface area (Å²) in [6.07, 6.45) is 2.36. The van der Waals surface area contributed by atoms with E-state index < -0.39 is 0 Å². The summed E-state index contributed by atoms with van der Waals surface area (Å²) in [6.45, 7) is 2.30. The Bertz CT molecular complexity index is 703. The van der Waals surface area contributed by atoms with E-state index in [4.69, 9.17) is 0 Å². The summed E-state index contributed by atoms with van der Waals surface area (Å²) in [5.41, 5.74) is 0. The van der Waals surface area contributed by atoms with E-state index in [1.165, 1.54) is 27.5 Å². The first-order chi connectivity index (χ1) is 12.8. The maximum absolute atomic E-state index is 2.30. The first-order valence-corrected chi connectivity index (χ1v) is 11.6. The number of benzene rings is 3. The molecule has 0 nitrogen and oxygen atoms in total. The molecule has 0 N–H and O–H groups in total. The van der Waals surface area contributed by atoms with Crippen molar-refractivity contribution in [1.82, 2.24) is 0 Å². The second-order valence-electron chi connectivity index (χ2n) is 5.99. The van der Waals surface area contributed by atoms with E-state index in [9.17, 15) is 0 Å². The lowest BCUT2D eigenvalue weighted by Gasteiger charge is -2.22. The Balaban J connectivity index is 1.70. The van der Waals surface area contributed by atoms with Gasteiger partial charge in [0, 0.05) is 19.9 Å². The highest BCUT2D eigenvalue weighted by Gasteiger charge is 2.19. The summed E-state index contributed by atoms with van der Waals surface area (Å²) < 4.78 is 0.501. The van der Waals surface area contributed by atoms with E-state index in [0.717, 1.165) is 0 Å². The molecule has 0 aliphatic heterocycles. The maximum Gasteiger partial charge on any atom is 0.0607 e. The van der Waals surface area contributed by atoms with Crippen molar-refractivity contribution >= 4 is 35.3 Å². The van der Waals surface area contributed by atoms with Gasteiger partial charge in [-0.15, -0.1) is 35.3 Å². The lowest BCUT2D eigenvalue weighted by Crippen LogP contribution is -2.09. The molecule has 0 aromatic heterocycles. The lowest BCUT2D eigenvalue weighted by molar-refractivity contribution is 0.783. The molecule has 0 amide bonds. The summed E-state index contributed by atoms with van der Waals surface area (Å²) in [5.74, 6) is 0. The minimum atomic E-state index is 0.501. The largest absolute Gasteiger partial charge is 0.123 e. The Labute approximate surface area is 170 Å². The topological polar surface area (TPSA) is 0 Å². The van der Waals surface area contributed by atoms with Gasteiger partial charge in [0.2, 0.25) is 0 Å². The van der Waals surface area contributed by atoms with Gasteiger partial charge in [0.15, 0.2) is 0 Å². The molecule has 1 unspecified atom stereocenters. The zero-order chi connectivity index (χ0) is 18.0. The summed E-state index contributed by atoms with van der Waals surface area (Å²) in [4.78, 5) is 4.06. The van der Waals surface area contributed by atoms with Crippen LogP contribution in [0.2, 0.25) is 0 Å². The molecular formula is C23H24S3. The van der Waals surface area contributed by atoms with Crippen LogP contribution in [0.25, 0.3) is 0 Å². The van der Waals surface area contributed by atoms with Crippen molar-refractivity contribution < 1.29 is 0 Å². The smallest absolute Gasteiger partial charge is 0.0607 e. The zero-order valence-electron chi connectivity index (χ0n) is 15.0. The second-order valence-corrected chi connectivity index (χ2v) is 10.2. The van der Waals surface area contributed by atoms with Gasteiger partial charge in [-0.2, -0.15) is 0 Å². The van der Waals surface area contributed by atoms with Crippen molar-refractivity contribution in [2.45, 2.75) is 44.3 Å². The minimum Gasteiger partial charge on any atom is -0.123 e. The first kappa shape index (κ1) is 19.5. The average Bonchev–Trinajstić information content (AvgIpc) is 2.70. The van der Waals surface area contributed by atoms with Crippen LogP contribution in [0.1, 0.15) is 19.8 Å². The molecule has 0 fully saturated rings. The van der Waals surface area contributed by atoms with Crippen molar-refractivity contribution in [3.05, 3.63) is 91.0 Å². The van der Waals surface area contributed by atoms with Crippen LogP contribution in [-0.2, 0) is 0 Å². The van der Waals surface area contributed by atoms with Gasteiger partial charge in [0.25, 0.3) is 0 Å². The van der Waals surface area contributed by atoms with Crippen molar-refractivity contribution in [2.24, 2.45) is 0 Å². The molecule has 1 atom stereocenters. The Morgan fingerprint density at radius 2 is 0.962 bits per heavy atom. The molecule has 134 valence electrons. The summed E-state index contributed by atoms with van der Waals surface area (Å²) >= 11 is 5.99. The minimum absolute atomic E-state index is 0.501. The molecule has 0 aliphatic rings. The molecule has 3 rings (SSSR count). The van der Waals surface area contributed by atoms with Gasteiger partial charge in [-0.25, -0.2) is 0 Å². The van der Waals surface area contributed by atoms with Crippen molar-refractivity contribution in [3.63, 3.8) is 0 Å².